The lowest BCUT2D eigenvalue weighted by Gasteiger charge is -2.23. The van der Waals surface area contributed by atoms with Crippen LogP contribution in [-0.4, -0.2) is 41.3 Å². The van der Waals surface area contributed by atoms with Crippen LogP contribution in [0.5, 0.6) is 0 Å². The highest BCUT2D eigenvalue weighted by atomic mass is 28.4. The lowest BCUT2D eigenvalue weighted by atomic mass is 10.3. The molecule has 0 amide bonds. The summed E-state index contributed by atoms with van der Waals surface area (Å²) < 4.78 is 20.3. The maximum atomic E-state index is 11.1. The highest BCUT2D eigenvalue weighted by Crippen LogP contribution is 2.14. The van der Waals surface area contributed by atoms with E-state index < -0.39 is 9.05 Å². The van der Waals surface area contributed by atoms with Crippen molar-refractivity contribution >= 4 is 14.8 Å². The van der Waals surface area contributed by atoms with E-state index in [1.54, 1.807) is 20.8 Å². The molecule has 0 bridgehead atoms. The monoisotopic (exact) mass is 310 g/mol. The Morgan fingerprint density at radius 1 is 1.00 bits per heavy atom. The molecule has 0 rings (SSSR count). The Morgan fingerprint density at radius 3 is 1.80 bits per heavy atom. The van der Waals surface area contributed by atoms with E-state index in [0.29, 0.717) is 0 Å². The summed E-state index contributed by atoms with van der Waals surface area (Å²) in [4.78, 5) is 25.5. The van der Waals surface area contributed by atoms with Crippen molar-refractivity contribution in [1.29, 1.82) is 0 Å². The highest BCUT2D eigenvalue weighted by molar-refractivity contribution is 6.52. The zero-order valence-electron chi connectivity index (χ0n) is 12.1. The number of carbonyl (C=O) groups is 1. The second-order valence-electron chi connectivity index (χ2n) is 3.24. The van der Waals surface area contributed by atoms with Gasteiger partial charge in [-0.1, -0.05) is 6.58 Å². The summed E-state index contributed by atoms with van der Waals surface area (Å²) in [6, 6.07) is 0. The second-order valence-corrected chi connectivity index (χ2v) is 5.03. The summed E-state index contributed by atoms with van der Waals surface area (Å²) in [6.07, 6.45) is 1.29. The SMILES string of the molecule is C=CC(=O)CCO[Si](OOCC)(OOCC)OOCC. The number of rotatable bonds is 14. The summed E-state index contributed by atoms with van der Waals surface area (Å²) in [6.45, 7) is 9.22. The molecule has 8 nitrogen and oxygen atoms in total. The Balaban J connectivity index is 4.56. The van der Waals surface area contributed by atoms with E-state index >= 15 is 0 Å². The van der Waals surface area contributed by atoms with Crippen LogP contribution in [0.15, 0.2) is 12.7 Å². The van der Waals surface area contributed by atoms with Crippen molar-refractivity contribution in [1.82, 2.24) is 0 Å². The van der Waals surface area contributed by atoms with Crippen molar-refractivity contribution in [3.05, 3.63) is 12.7 Å². The fourth-order valence-corrected chi connectivity index (χ4v) is 2.25. The summed E-state index contributed by atoms with van der Waals surface area (Å²) in [5.74, 6) is -0.183. The summed E-state index contributed by atoms with van der Waals surface area (Å²) >= 11 is 0. The van der Waals surface area contributed by atoms with Gasteiger partial charge in [-0.2, -0.15) is 13.7 Å². The van der Waals surface area contributed by atoms with Gasteiger partial charge in [0.1, 0.15) is 0 Å². The molecule has 0 aliphatic rings. The number of allylic oxidation sites excluding steroid dienone is 1. The molecule has 0 aliphatic carbocycles. The van der Waals surface area contributed by atoms with E-state index in [9.17, 15) is 4.79 Å². The molecular weight excluding hydrogens is 288 g/mol. The molecule has 0 aliphatic heterocycles. The molecule has 0 aromatic carbocycles. The maximum absolute atomic E-state index is 11.1. The van der Waals surface area contributed by atoms with Gasteiger partial charge in [-0.05, 0) is 26.8 Å². The fourth-order valence-electron chi connectivity index (χ4n) is 0.886. The first-order valence-corrected chi connectivity index (χ1v) is 7.98. The third kappa shape index (κ3) is 8.50. The summed E-state index contributed by atoms with van der Waals surface area (Å²) in [5, 5.41) is 0. The minimum Gasteiger partial charge on any atom is -0.347 e. The van der Waals surface area contributed by atoms with Gasteiger partial charge in [-0.15, -0.1) is 0 Å². The van der Waals surface area contributed by atoms with E-state index in [0.717, 1.165) is 0 Å². The Morgan fingerprint density at radius 2 is 1.45 bits per heavy atom. The van der Waals surface area contributed by atoms with Gasteiger partial charge in [-0.3, -0.25) is 4.79 Å². The number of hydrogen-bond donors (Lipinski definition) is 0. The first-order chi connectivity index (χ1) is 9.64. The Bertz CT molecular complexity index is 251. The molecule has 118 valence electrons. The van der Waals surface area contributed by atoms with Crippen LogP contribution in [0.1, 0.15) is 27.2 Å². The highest BCUT2D eigenvalue weighted by Gasteiger charge is 2.52. The number of carbonyl (C=O) groups excluding carboxylic acids is 1. The zero-order valence-corrected chi connectivity index (χ0v) is 13.1. The van der Waals surface area contributed by atoms with Crippen LogP contribution in [0.2, 0.25) is 0 Å². The molecule has 0 saturated heterocycles. The quantitative estimate of drug-likeness (QED) is 0.206. The molecule has 0 heterocycles. The molecule has 0 unspecified atom stereocenters. The molecule has 0 spiro atoms. The predicted molar refractivity (Wildman–Crippen MR) is 69.7 cm³/mol. The van der Waals surface area contributed by atoms with Crippen molar-refractivity contribution in [2.75, 3.05) is 26.4 Å². The zero-order chi connectivity index (χ0) is 15.3. The first-order valence-electron chi connectivity index (χ1n) is 6.35. The van der Waals surface area contributed by atoms with Gasteiger partial charge < -0.3 is 4.43 Å². The summed E-state index contributed by atoms with van der Waals surface area (Å²) in [7, 11) is -3.79. The second kappa shape index (κ2) is 12.1. The van der Waals surface area contributed by atoms with Gasteiger partial charge in [0.15, 0.2) is 5.78 Å². The van der Waals surface area contributed by atoms with Crippen molar-refractivity contribution < 1.29 is 37.6 Å². The third-order valence-electron chi connectivity index (χ3n) is 1.69. The van der Waals surface area contributed by atoms with Gasteiger partial charge >= 0.3 is 9.05 Å². The van der Waals surface area contributed by atoms with Crippen LogP contribution in [-0.2, 0) is 37.6 Å². The van der Waals surface area contributed by atoms with Gasteiger partial charge in [-0.25, -0.2) is 14.7 Å². The number of hydrogen-bond acceptors (Lipinski definition) is 8. The van der Waals surface area contributed by atoms with Crippen molar-refractivity contribution in [2.24, 2.45) is 0 Å². The molecule has 0 fully saturated rings. The Labute approximate surface area is 119 Å². The molecule has 0 aromatic heterocycles. The van der Waals surface area contributed by atoms with E-state index in [4.69, 9.17) is 32.8 Å². The van der Waals surface area contributed by atoms with E-state index in [-0.39, 0.29) is 38.6 Å². The van der Waals surface area contributed by atoms with Gasteiger partial charge in [0.2, 0.25) is 0 Å². The topological polar surface area (TPSA) is 81.7 Å². The normalized spacial score (nSPS) is 11.6. The van der Waals surface area contributed by atoms with Crippen LogP contribution in [0.25, 0.3) is 0 Å². The molecule has 0 aromatic rings. The van der Waals surface area contributed by atoms with E-state index in [1.165, 1.54) is 6.08 Å². The molecule has 9 heteroatoms. The molecular formula is C11H22O8Si. The Kier molecular flexibility index (Phi) is 11.7. The number of ketones is 1. The van der Waals surface area contributed by atoms with Gasteiger partial charge in [0, 0.05) is 13.0 Å². The van der Waals surface area contributed by atoms with E-state index in [2.05, 4.69) is 6.58 Å². The molecule has 0 atom stereocenters. The smallest absolute Gasteiger partial charge is 0.347 e. The van der Waals surface area contributed by atoms with Crippen molar-refractivity contribution in [2.45, 2.75) is 27.2 Å². The third-order valence-corrected chi connectivity index (χ3v) is 3.22. The summed E-state index contributed by atoms with van der Waals surface area (Å²) in [5.41, 5.74) is 0. The molecule has 0 N–H and O–H groups in total. The standard InChI is InChI=1S/C11H22O8Si/c1-5-11(12)9-10-16-20(17-13-6-2,18-14-7-3)19-15-8-4/h5H,1,6-10H2,2-4H3. The average molecular weight is 310 g/mol. The van der Waals surface area contributed by atoms with Crippen molar-refractivity contribution in [3.63, 3.8) is 0 Å². The van der Waals surface area contributed by atoms with E-state index in [1.807, 2.05) is 0 Å². The first kappa shape index (κ1) is 19.3. The fraction of sp³-hybridized carbons (Fsp3) is 0.727. The van der Waals surface area contributed by atoms with Crippen LogP contribution >= 0.6 is 0 Å². The lowest BCUT2D eigenvalue weighted by molar-refractivity contribution is -0.385. The van der Waals surface area contributed by atoms with Crippen LogP contribution in [0, 0.1) is 0 Å². The predicted octanol–water partition coefficient (Wildman–Crippen LogP) is 1.49. The lowest BCUT2D eigenvalue weighted by Crippen LogP contribution is -2.49. The Hall–Kier alpha value is -0.653. The largest absolute Gasteiger partial charge is 0.764 e. The average Bonchev–Trinajstić information content (AvgIpc) is 2.48. The maximum Gasteiger partial charge on any atom is 0.764 e. The minimum atomic E-state index is -3.79. The minimum absolute atomic E-state index is 0.00962. The molecule has 0 radical (unpaired) electrons. The van der Waals surface area contributed by atoms with Crippen LogP contribution in [0.4, 0.5) is 0 Å². The van der Waals surface area contributed by atoms with Gasteiger partial charge in [0.25, 0.3) is 0 Å². The molecule has 20 heavy (non-hydrogen) atoms. The molecule has 0 saturated carbocycles. The van der Waals surface area contributed by atoms with Crippen LogP contribution in [0.3, 0.4) is 0 Å². The van der Waals surface area contributed by atoms with Gasteiger partial charge in [0.05, 0.1) is 19.8 Å². The van der Waals surface area contributed by atoms with Crippen LogP contribution < -0.4 is 0 Å². The van der Waals surface area contributed by atoms with Crippen molar-refractivity contribution in [3.8, 4) is 0 Å².